The maximum Gasteiger partial charge on any atom is 0.182 e. The summed E-state index contributed by atoms with van der Waals surface area (Å²) in [7, 11) is 1.71. The zero-order valence-electron chi connectivity index (χ0n) is 25.8. The monoisotopic (exact) mass is 564 g/mol. The van der Waals surface area contributed by atoms with E-state index in [-0.39, 0.29) is 27.8 Å². The van der Waals surface area contributed by atoms with Crippen LogP contribution in [0.2, 0.25) is 0 Å². The molecule has 5 heteroatoms. The molecular formula is C36H56N2O3. The van der Waals surface area contributed by atoms with Gasteiger partial charge in [-0.2, -0.15) is 0 Å². The van der Waals surface area contributed by atoms with Gasteiger partial charge in [0, 0.05) is 40.7 Å². The molecule has 1 aromatic rings. The molecule has 1 atom stereocenters. The number of carbonyl (C=O) groups excluding carboxylic acids is 3. The van der Waals surface area contributed by atoms with Crippen LogP contribution in [0.4, 0.5) is 0 Å². The number of benzene rings is 1. The second-order valence-corrected chi connectivity index (χ2v) is 9.96. The van der Waals surface area contributed by atoms with Gasteiger partial charge in [0.15, 0.2) is 11.6 Å². The van der Waals surface area contributed by atoms with Crippen LogP contribution in [0, 0.1) is 12.8 Å². The molecule has 1 aliphatic carbocycles. The van der Waals surface area contributed by atoms with E-state index in [9.17, 15) is 9.59 Å². The zero-order chi connectivity index (χ0) is 30.1. The van der Waals surface area contributed by atoms with Crippen LogP contribution in [0.1, 0.15) is 101 Å². The van der Waals surface area contributed by atoms with Gasteiger partial charge in [0.25, 0.3) is 0 Å². The number of Topliss-reactive ketones (excluding diaryl/α,β-unsaturated/α-hetero) is 2. The van der Waals surface area contributed by atoms with Crippen LogP contribution in [0.25, 0.3) is 0 Å². The Balaban J connectivity index is -0.00000188. The van der Waals surface area contributed by atoms with Crippen LogP contribution < -0.4 is 0 Å². The van der Waals surface area contributed by atoms with Crippen molar-refractivity contribution in [3.8, 4) is 0 Å². The van der Waals surface area contributed by atoms with Crippen molar-refractivity contribution in [2.75, 3.05) is 7.05 Å². The molecule has 3 rings (SSSR count). The van der Waals surface area contributed by atoms with E-state index in [0.29, 0.717) is 18.6 Å². The third-order valence-corrected chi connectivity index (χ3v) is 6.93. The Hall–Kier alpha value is -3.47. The lowest BCUT2D eigenvalue weighted by Crippen LogP contribution is -2.22. The van der Waals surface area contributed by atoms with E-state index in [0.717, 1.165) is 60.7 Å². The van der Waals surface area contributed by atoms with E-state index in [4.69, 9.17) is 4.79 Å². The maximum atomic E-state index is 13.1. The van der Waals surface area contributed by atoms with E-state index >= 15 is 0 Å². The lowest BCUT2D eigenvalue weighted by molar-refractivity contribution is -0.115. The largest absolute Gasteiger partial charge is 0.304 e. The predicted molar refractivity (Wildman–Crippen MR) is 180 cm³/mol. The van der Waals surface area contributed by atoms with E-state index in [1.807, 2.05) is 32.9 Å². The van der Waals surface area contributed by atoms with Crippen molar-refractivity contribution in [1.29, 1.82) is 0 Å². The van der Waals surface area contributed by atoms with Gasteiger partial charge in [0.05, 0.1) is 0 Å². The Morgan fingerprint density at radius 1 is 1.12 bits per heavy atom. The smallest absolute Gasteiger partial charge is 0.182 e. The Morgan fingerprint density at radius 2 is 1.80 bits per heavy atom. The molecule has 5 nitrogen and oxygen atoms in total. The standard InChI is InChI=1S/C31H38N2O2.C2H4O.C2H6.CH4.2H2/c1-6-8-25-11-10-24(17-22(25)3)19-29(34)27-14-12-26(13-15-27)23(4)18-30(35)31-28(20-32-5)21(2)9-7-16-33-31;1-2-3;1-2;;;/h7,10-12,14,16-17,20,23H,6,8-9,13,15,18-19H2,1-5H3;2H,1H3;1-2H3;1H4;2*1H. The number of allylic oxidation sites excluding steroid dienone is 7. The van der Waals surface area contributed by atoms with Crippen LogP contribution in [0.3, 0.4) is 0 Å². The van der Waals surface area contributed by atoms with Crippen molar-refractivity contribution in [1.82, 2.24) is 0 Å². The van der Waals surface area contributed by atoms with Gasteiger partial charge >= 0.3 is 0 Å². The first kappa shape index (κ1) is 37.5. The second-order valence-electron chi connectivity index (χ2n) is 9.96. The molecule has 1 heterocycles. The Kier molecular flexibility index (Phi) is 18.7. The topological polar surface area (TPSA) is 75.9 Å². The number of hydrogen-bond acceptors (Lipinski definition) is 5. The average Bonchev–Trinajstić information content (AvgIpc) is 3.13. The van der Waals surface area contributed by atoms with Crippen molar-refractivity contribution in [3.63, 3.8) is 0 Å². The Labute approximate surface area is 252 Å². The number of ketones is 2. The van der Waals surface area contributed by atoms with Gasteiger partial charge in [0.1, 0.15) is 12.0 Å². The second kappa shape index (κ2) is 20.4. The molecule has 1 unspecified atom stereocenters. The first-order chi connectivity index (χ1) is 19.2. The van der Waals surface area contributed by atoms with Crippen molar-refractivity contribution in [2.24, 2.45) is 15.9 Å². The van der Waals surface area contributed by atoms with E-state index < -0.39 is 0 Å². The maximum absolute atomic E-state index is 13.1. The summed E-state index contributed by atoms with van der Waals surface area (Å²) < 4.78 is 0. The number of rotatable bonds is 10. The Bertz CT molecular complexity index is 1220. The SMILES string of the molecule is C.CC.CC=O.CCCc1ccc(CC(=O)C2=CC=C(C(C)CC(=O)C3=NC=CCC(C)=C3C=NC)CC2)cc1C.[HH].[HH]. The van der Waals surface area contributed by atoms with Crippen molar-refractivity contribution in [2.45, 2.75) is 101 Å². The number of hydrogen-bond donors (Lipinski definition) is 0. The molecular weight excluding hydrogens is 508 g/mol. The van der Waals surface area contributed by atoms with Gasteiger partial charge in [-0.05, 0) is 74.6 Å². The highest BCUT2D eigenvalue weighted by atomic mass is 16.1. The quantitative estimate of drug-likeness (QED) is 0.210. The lowest BCUT2D eigenvalue weighted by Gasteiger charge is -2.20. The van der Waals surface area contributed by atoms with Gasteiger partial charge in [-0.25, -0.2) is 0 Å². The van der Waals surface area contributed by atoms with E-state index in [2.05, 4.69) is 55.0 Å². The minimum absolute atomic E-state index is 0. The van der Waals surface area contributed by atoms with Gasteiger partial charge in [-0.1, -0.05) is 89.1 Å². The van der Waals surface area contributed by atoms with Crippen LogP contribution in [0.15, 0.2) is 74.9 Å². The zero-order valence-corrected chi connectivity index (χ0v) is 25.8. The van der Waals surface area contributed by atoms with Gasteiger partial charge in [-0.3, -0.25) is 19.6 Å². The fraction of sp³-hybridized carbons (Fsp3) is 0.472. The molecule has 0 amide bonds. The minimum Gasteiger partial charge on any atom is -0.304 e. The summed E-state index contributed by atoms with van der Waals surface area (Å²) in [5, 5.41) is 0. The number of aryl methyl sites for hydroxylation is 2. The molecule has 1 aromatic carbocycles. The van der Waals surface area contributed by atoms with Crippen LogP contribution in [0.5, 0.6) is 0 Å². The first-order valence-electron chi connectivity index (χ1n) is 14.5. The lowest BCUT2D eigenvalue weighted by atomic mass is 9.84. The van der Waals surface area contributed by atoms with Crippen LogP contribution >= 0.6 is 0 Å². The predicted octanol–water partition coefficient (Wildman–Crippen LogP) is 9.04. The molecule has 228 valence electrons. The normalized spacial score (nSPS) is 15.1. The van der Waals surface area contributed by atoms with Crippen LogP contribution in [-0.2, 0) is 27.2 Å². The van der Waals surface area contributed by atoms with Crippen molar-refractivity contribution in [3.05, 3.63) is 81.6 Å². The molecule has 0 fully saturated rings. The summed E-state index contributed by atoms with van der Waals surface area (Å²) in [4.78, 5) is 43.4. The number of carbonyl (C=O) groups is 3. The van der Waals surface area contributed by atoms with Crippen molar-refractivity contribution >= 4 is 29.8 Å². The molecule has 0 aromatic heterocycles. The van der Waals surface area contributed by atoms with Crippen molar-refractivity contribution < 1.29 is 17.2 Å². The molecule has 0 saturated heterocycles. The van der Waals surface area contributed by atoms with E-state index in [1.165, 1.54) is 23.6 Å². The fourth-order valence-electron chi connectivity index (χ4n) is 4.78. The third kappa shape index (κ3) is 11.9. The highest BCUT2D eigenvalue weighted by molar-refractivity contribution is 6.51. The van der Waals surface area contributed by atoms with E-state index in [1.54, 1.807) is 19.5 Å². The summed E-state index contributed by atoms with van der Waals surface area (Å²) in [6.45, 7) is 13.9. The van der Waals surface area contributed by atoms with Gasteiger partial charge in [-0.15, -0.1) is 0 Å². The molecule has 0 bridgehead atoms. The molecule has 1 aliphatic heterocycles. The summed E-state index contributed by atoms with van der Waals surface area (Å²) in [5.74, 6) is 0.321. The number of aliphatic imine (C=N–C) groups is 2. The molecule has 0 N–H and O–H groups in total. The number of nitrogens with zero attached hydrogens (tertiary/aromatic N) is 2. The fourth-order valence-corrected chi connectivity index (χ4v) is 4.78. The van der Waals surface area contributed by atoms with Crippen LogP contribution in [-0.4, -0.2) is 36.8 Å². The molecule has 2 aliphatic rings. The third-order valence-electron chi connectivity index (χ3n) is 6.93. The summed E-state index contributed by atoms with van der Waals surface area (Å²) >= 11 is 0. The molecule has 0 spiro atoms. The minimum atomic E-state index is 0. The highest BCUT2D eigenvalue weighted by Crippen LogP contribution is 2.28. The molecule has 0 saturated carbocycles. The number of aldehydes is 1. The molecule has 0 radical (unpaired) electrons. The summed E-state index contributed by atoms with van der Waals surface area (Å²) in [6.07, 6.45) is 15.5. The highest BCUT2D eigenvalue weighted by Gasteiger charge is 2.23. The van der Waals surface area contributed by atoms with Gasteiger partial charge < -0.3 is 4.79 Å². The summed E-state index contributed by atoms with van der Waals surface area (Å²) in [6, 6.07) is 6.41. The average molecular weight is 565 g/mol. The summed E-state index contributed by atoms with van der Waals surface area (Å²) in [5.41, 5.74) is 8.23. The van der Waals surface area contributed by atoms with Gasteiger partial charge in [0.2, 0.25) is 0 Å². The molecule has 41 heavy (non-hydrogen) atoms. The Morgan fingerprint density at radius 3 is 2.37 bits per heavy atom. The first-order valence-corrected chi connectivity index (χ1v) is 14.5.